The number of hydrogen-bond acceptors (Lipinski definition) is 8. The number of aromatic amines is 1. The number of piperazine rings is 1. The molecule has 0 bridgehead atoms. The molecule has 3 N–H and O–H groups in total. The third kappa shape index (κ3) is 4.73. The van der Waals surface area contributed by atoms with Gasteiger partial charge in [0.25, 0.3) is 0 Å². The van der Waals surface area contributed by atoms with E-state index < -0.39 is 0 Å². The van der Waals surface area contributed by atoms with Gasteiger partial charge in [0.05, 0.1) is 11.0 Å². The predicted octanol–water partition coefficient (Wildman–Crippen LogP) is 3.47. The van der Waals surface area contributed by atoms with Crippen molar-refractivity contribution >= 4 is 46.7 Å². The summed E-state index contributed by atoms with van der Waals surface area (Å²) in [5.41, 5.74) is 8.84. The van der Waals surface area contributed by atoms with Gasteiger partial charge in [0.1, 0.15) is 12.2 Å². The number of hydrogen-bond donors (Lipinski definition) is 2. The Morgan fingerprint density at radius 3 is 2.46 bits per heavy atom. The molecular weight excluding hydrogens is 392 g/mol. The Morgan fingerprint density at radius 1 is 1.04 bits per heavy atom. The number of hydroxylamine groups is 2. The van der Waals surface area contributed by atoms with Crippen LogP contribution in [0.15, 0.2) is 52.3 Å². The smallest absolute Gasteiger partial charge is 0.198 e. The SMILES string of the molecule is CN(C)SON1CCN(c2ccc(Sc3ccc4nc(N)[nH]c4c3)cc2)CC1. The standard InChI is InChI=1S/C19H24N6OS2/c1-23(2)28-26-25-11-9-24(10-12-25)14-3-5-15(6-4-14)27-16-7-8-17-18(13-16)22-19(20)21-17/h3-8,13H,9-12H2,1-2H3,(H3,20,21,22). The number of H-pyrrole nitrogens is 1. The highest BCUT2D eigenvalue weighted by molar-refractivity contribution is 7.99. The average molecular weight is 417 g/mol. The Morgan fingerprint density at radius 2 is 1.75 bits per heavy atom. The first-order chi connectivity index (χ1) is 13.6. The molecule has 0 aliphatic carbocycles. The largest absolute Gasteiger partial charge is 0.369 e. The lowest BCUT2D eigenvalue weighted by Gasteiger charge is -2.35. The zero-order valence-electron chi connectivity index (χ0n) is 16.0. The van der Waals surface area contributed by atoms with Gasteiger partial charge < -0.3 is 15.6 Å². The first-order valence-electron chi connectivity index (χ1n) is 9.12. The van der Waals surface area contributed by atoms with Gasteiger partial charge >= 0.3 is 0 Å². The van der Waals surface area contributed by atoms with E-state index in [2.05, 4.69) is 51.3 Å². The van der Waals surface area contributed by atoms with Crippen LogP contribution in [0.1, 0.15) is 0 Å². The van der Waals surface area contributed by atoms with Crippen LogP contribution in [0.2, 0.25) is 0 Å². The molecule has 0 amide bonds. The lowest BCUT2D eigenvalue weighted by Crippen LogP contribution is -2.45. The van der Waals surface area contributed by atoms with Gasteiger partial charge in [0.15, 0.2) is 5.95 Å². The van der Waals surface area contributed by atoms with E-state index in [0.29, 0.717) is 5.95 Å². The van der Waals surface area contributed by atoms with Crippen molar-refractivity contribution in [3.8, 4) is 0 Å². The molecule has 7 nitrogen and oxygen atoms in total. The summed E-state index contributed by atoms with van der Waals surface area (Å²) >= 11 is 3.10. The average Bonchev–Trinajstić information content (AvgIpc) is 3.07. The molecule has 148 valence electrons. The van der Waals surface area contributed by atoms with Crippen molar-refractivity contribution in [2.75, 3.05) is 50.9 Å². The summed E-state index contributed by atoms with van der Waals surface area (Å²) in [5.74, 6) is 0.451. The second kappa shape index (κ2) is 8.62. The zero-order valence-corrected chi connectivity index (χ0v) is 17.6. The Kier molecular flexibility index (Phi) is 5.98. The molecule has 1 fully saturated rings. The van der Waals surface area contributed by atoms with E-state index in [-0.39, 0.29) is 0 Å². The van der Waals surface area contributed by atoms with Crippen LogP contribution < -0.4 is 10.6 Å². The quantitative estimate of drug-likeness (QED) is 0.467. The van der Waals surface area contributed by atoms with E-state index in [0.717, 1.165) is 42.1 Å². The molecule has 0 saturated carbocycles. The summed E-state index contributed by atoms with van der Waals surface area (Å²) in [6.45, 7) is 3.70. The molecule has 9 heteroatoms. The monoisotopic (exact) mass is 416 g/mol. The van der Waals surface area contributed by atoms with E-state index in [1.165, 1.54) is 22.8 Å². The molecule has 0 unspecified atom stereocenters. The van der Waals surface area contributed by atoms with E-state index in [9.17, 15) is 0 Å². The molecule has 0 atom stereocenters. The number of nitrogens with two attached hydrogens (primary N) is 1. The number of benzene rings is 2. The van der Waals surface area contributed by atoms with Gasteiger partial charge in [0, 0.05) is 41.7 Å². The number of aromatic nitrogens is 2. The van der Waals surface area contributed by atoms with Crippen molar-refractivity contribution in [3.63, 3.8) is 0 Å². The number of nitrogen functional groups attached to an aromatic ring is 1. The molecule has 0 radical (unpaired) electrons. The van der Waals surface area contributed by atoms with Crippen LogP contribution in [0.3, 0.4) is 0 Å². The number of anilines is 2. The molecule has 1 aromatic heterocycles. The van der Waals surface area contributed by atoms with E-state index in [1.54, 1.807) is 11.8 Å². The molecule has 4 rings (SSSR count). The summed E-state index contributed by atoms with van der Waals surface area (Å²) in [5, 5.41) is 2.02. The molecule has 1 aliphatic rings. The van der Waals surface area contributed by atoms with Gasteiger partial charge in [-0.3, -0.25) is 0 Å². The van der Waals surface area contributed by atoms with Crippen LogP contribution in [0, 0.1) is 0 Å². The lowest BCUT2D eigenvalue weighted by molar-refractivity contribution is -0.0447. The number of nitrogens with zero attached hydrogens (tertiary/aromatic N) is 4. The topological polar surface area (TPSA) is 73.7 Å². The molecule has 2 heterocycles. The van der Waals surface area contributed by atoms with E-state index in [4.69, 9.17) is 10.0 Å². The lowest BCUT2D eigenvalue weighted by atomic mass is 10.2. The zero-order chi connectivity index (χ0) is 19.5. The summed E-state index contributed by atoms with van der Waals surface area (Å²) < 4.78 is 7.62. The van der Waals surface area contributed by atoms with Crippen LogP contribution in [0.25, 0.3) is 11.0 Å². The first-order valence-corrected chi connectivity index (χ1v) is 10.6. The number of fused-ring (bicyclic) bond motifs is 1. The Hall–Kier alpha value is -1.91. The van der Waals surface area contributed by atoms with Gasteiger partial charge in [-0.1, -0.05) is 11.8 Å². The number of imidazole rings is 1. The molecular formula is C19H24N6OS2. The molecule has 28 heavy (non-hydrogen) atoms. The fourth-order valence-corrected chi connectivity index (χ4v) is 4.30. The van der Waals surface area contributed by atoms with Crippen molar-refractivity contribution in [3.05, 3.63) is 42.5 Å². The number of rotatable bonds is 6. The highest BCUT2D eigenvalue weighted by Gasteiger charge is 2.18. The van der Waals surface area contributed by atoms with Gasteiger partial charge in [-0.25, -0.2) is 13.6 Å². The van der Waals surface area contributed by atoms with E-state index in [1.807, 2.05) is 29.5 Å². The van der Waals surface area contributed by atoms with Crippen LogP contribution in [0.5, 0.6) is 0 Å². The van der Waals surface area contributed by atoms with Crippen LogP contribution in [-0.2, 0) is 4.28 Å². The maximum atomic E-state index is 5.73. The predicted molar refractivity (Wildman–Crippen MR) is 117 cm³/mol. The van der Waals surface area contributed by atoms with Crippen molar-refractivity contribution in [1.29, 1.82) is 0 Å². The third-order valence-corrected chi connectivity index (χ3v) is 6.01. The minimum Gasteiger partial charge on any atom is -0.369 e. The Balaban J connectivity index is 1.34. The van der Waals surface area contributed by atoms with Crippen molar-refractivity contribution in [2.45, 2.75) is 9.79 Å². The third-order valence-electron chi connectivity index (χ3n) is 4.44. The van der Waals surface area contributed by atoms with Gasteiger partial charge in [-0.2, -0.15) is 5.06 Å². The molecule has 0 spiro atoms. The van der Waals surface area contributed by atoms with Gasteiger partial charge in [-0.15, -0.1) is 0 Å². The van der Waals surface area contributed by atoms with Crippen LogP contribution >= 0.6 is 24.0 Å². The van der Waals surface area contributed by atoms with Crippen molar-refractivity contribution in [2.24, 2.45) is 0 Å². The second-order valence-electron chi connectivity index (χ2n) is 6.77. The van der Waals surface area contributed by atoms with Gasteiger partial charge in [0.2, 0.25) is 0 Å². The summed E-state index contributed by atoms with van der Waals surface area (Å²) in [4.78, 5) is 12.1. The maximum Gasteiger partial charge on any atom is 0.198 e. The second-order valence-corrected chi connectivity index (χ2v) is 8.95. The molecule has 1 aliphatic heterocycles. The highest BCUT2D eigenvalue weighted by Crippen LogP contribution is 2.31. The van der Waals surface area contributed by atoms with Crippen molar-refractivity contribution in [1.82, 2.24) is 19.3 Å². The summed E-state index contributed by atoms with van der Waals surface area (Å²) in [6.07, 6.45) is 0. The Labute approximate surface area is 173 Å². The van der Waals surface area contributed by atoms with Crippen molar-refractivity contribution < 1.29 is 4.28 Å². The van der Waals surface area contributed by atoms with Crippen LogP contribution in [-0.4, -0.2) is 59.6 Å². The summed E-state index contributed by atoms with van der Waals surface area (Å²) in [6, 6.07) is 14.9. The molecule has 2 aromatic carbocycles. The fourth-order valence-electron chi connectivity index (χ4n) is 3.07. The fraction of sp³-hybridized carbons (Fsp3) is 0.316. The van der Waals surface area contributed by atoms with Gasteiger partial charge in [-0.05, 0) is 56.6 Å². The summed E-state index contributed by atoms with van der Waals surface area (Å²) in [7, 11) is 3.95. The molecule has 3 aromatic rings. The van der Waals surface area contributed by atoms with E-state index >= 15 is 0 Å². The minimum atomic E-state index is 0.451. The highest BCUT2D eigenvalue weighted by atomic mass is 32.2. The Bertz CT molecular complexity index is 922. The maximum absolute atomic E-state index is 5.73. The minimum absolute atomic E-state index is 0.451. The first kappa shape index (κ1) is 19.4. The number of nitrogens with one attached hydrogen (secondary N) is 1. The van der Waals surface area contributed by atoms with Crippen LogP contribution in [0.4, 0.5) is 11.6 Å². The normalized spacial score (nSPS) is 15.6. The molecule has 1 saturated heterocycles.